The second kappa shape index (κ2) is 9.12. The average molecular weight is 361 g/mol. The van der Waals surface area contributed by atoms with Gasteiger partial charge in [0.25, 0.3) is 0 Å². The fraction of sp³-hybridized carbons (Fsp3) is 0.600. The van der Waals surface area contributed by atoms with Crippen molar-refractivity contribution in [2.75, 3.05) is 19.6 Å². The molecule has 3 rings (SSSR count). The molecule has 0 radical (unpaired) electrons. The van der Waals surface area contributed by atoms with Crippen molar-refractivity contribution < 1.29 is 14.0 Å². The maximum Gasteiger partial charge on any atom is 0.309 e. The van der Waals surface area contributed by atoms with Crippen LogP contribution in [0.25, 0.3) is 0 Å². The largest absolute Gasteiger partial charge is 0.348 e. The summed E-state index contributed by atoms with van der Waals surface area (Å²) in [5.74, 6) is -1.11. The number of nitrogens with one attached hydrogen (secondary N) is 2. The zero-order valence-electron chi connectivity index (χ0n) is 15.2. The van der Waals surface area contributed by atoms with E-state index in [2.05, 4.69) is 15.5 Å². The summed E-state index contributed by atoms with van der Waals surface area (Å²) in [4.78, 5) is 26.4. The van der Waals surface area contributed by atoms with Crippen molar-refractivity contribution in [3.05, 3.63) is 35.6 Å². The predicted octanol–water partition coefficient (Wildman–Crippen LogP) is 2.21. The Morgan fingerprint density at radius 3 is 2.23 bits per heavy atom. The van der Waals surface area contributed by atoms with Crippen LogP contribution in [-0.4, -0.2) is 42.4 Å². The molecule has 5 nitrogen and oxygen atoms in total. The first-order valence-electron chi connectivity index (χ1n) is 9.66. The normalized spacial score (nSPS) is 19.4. The Bertz CT molecular complexity index is 606. The van der Waals surface area contributed by atoms with Gasteiger partial charge < -0.3 is 15.5 Å². The lowest BCUT2D eigenvalue weighted by Gasteiger charge is -2.36. The fourth-order valence-electron chi connectivity index (χ4n) is 3.97. The smallest absolute Gasteiger partial charge is 0.309 e. The molecule has 0 bridgehead atoms. The van der Waals surface area contributed by atoms with Crippen molar-refractivity contribution in [1.82, 2.24) is 15.5 Å². The van der Waals surface area contributed by atoms with Crippen LogP contribution in [0.4, 0.5) is 4.39 Å². The first kappa shape index (κ1) is 18.8. The van der Waals surface area contributed by atoms with E-state index < -0.39 is 11.8 Å². The van der Waals surface area contributed by atoms with E-state index in [9.17, 15) is 14.0 Å². The first-order chi connectivity index (χ1) is 12.6. The summed E-state index contributed by atoms with van der Waals surface area (Å²) in [7, 11) is 0. The Kier molecular flexibility index (Phi) is 6.61. The summed E-state index contributed by atoms with van der Waals surface area (Å²) < 4.78 is 12.8. The van der Waals surface area contributed by atoms with Crippen molar-refractivity contribution in [2.45, 2.75) is 51.1 Å². The van der Waals surface area contributed by atoms with Gasteiger partial charge in [0.05, 0.1) is 0 Å². The molecule has 1 aromatic carbocycles. The molecule has 1 heterocycles. The highest BCUT2D eigenvalue weighted by atomic mass is 19.1. The lowest BCUT2D eigenvalue weighted by Crippen LogP contribution is -2.45. The number of likely N-dealkylation sites (tertiary alicyclic amines) is 1. The highest BCUT2D eigenvalue weighted by Gasteiger charge is 2.27. The van der Waals surface area contributed by atoms with Gasteiger partial charge in [-0.15, -0.1) is 0 Å². The molecule has 0 aromatic heterocycles. The number of hydrogen-bond donors (Lipinski definition) is 2. The van der Waals surface area contributed by atoms with Gasteiger partial charge >= 0.3 is 11.8 Å². The minimum Gasteiger partial charge on any atom is -0.348 e. The van der Waals surface area contributed by atoms with Gasteiger partial charge in [-0.2, -0.15) is 0 Å². The quantitative estimate of drug-likeness (QED) is 0.791. The number of amides is 2. The van der Waals surface area contributed by atoms with Crippen LogP contribution < -0.4 is 10.6 Å². The summed E-state index contributed by atoms with van der Waals surface area (Å²) in [6.45, 7) is 2.97. The molecule has 1 aliphatic heterocycles. The SMILES string of the molecule is O=C(NCc1ccc(F)cc1)C(=O)NCC1CCN(C2CCCC2)CC1. The van der Waals surface area contributed by atoms with Gasteiger partial charge in [-0.25, -0.2) is 4.39 Å². The summed E-state index contributed by atoms with van der Waals surface area (Å²) in [6, 6.07) is 6.61. The molecule has 1 aromatic rings. The molecule has 0 atom stereocenters. The Morgan fingerprint density at radius 2 is 1.58 bits per heavy atom. The van der Waals surface area contributed by atoms with Gasteiger partial charge in [0.1, 0.15) is 5.82 Å². The highest BCUT2D eigenvalue weighted by Crippen LogP contribution is 2.27. The third-order valence-corrected chi connectivity index (χ3v) is 5.61. The second-order valence-corrected chi connectivity index (χ2v) is 7.44. The van der Waals surface area contributed by atoms with E-state index in [1.165, 1.54) is 37.8 Å². The number of carbonyl (C=O) groups is 2. The molecular formula is C20H28FN3O2. The van der Waals surface area contributed by atoms with E-state index in [4.69, 9.17) is 0 Å². The van der Waals surface area contributed by atoms with Crippen molar-refractivity contribution in [3.8, 4) is 0 Å². The maximum atomic E-state index is 12.8. The molecule has 142 valence electrons. The molecule has 1 saturated carbocycles. The third-order valence-electron chi connectivity index (χ3n) is 5.61. The Balaban J connectivity index is 1.33. The third kappa shape index (κ3) is 5.27. The molecule has 2 N–H and O–H groups in total. The van der Waals surface area contributed by atoms with Crippen LogP contribution in [0, 0.1) is 11.7 Å². The topological polar surface area (TPSA) is 61.4 Å². The Morgan fingerprint density at radius 1 is 0.962 bits per heavy atom. The summed E-state index contributed by atoms with van der Waals surface area (Å²) in [5.41, 5.74) is 0.756. The van der Waals surface area contributed by atoms with E-state index in [1.54, 1.807) is 12.1 Å². The van der Waals surface area contributed by atoms with Crippen LogP contribution in [0.2, 0.25) is 0 Å². The molecule has 1 saturated heterocycles. The van der Waals surface area contributed by atoms with Gasteiger partial charge in [-0.1, -0.05) is 25.0 Å². The zero-order chi connectivity index (χ0) is 18.4. The van der Waals surface area contributed by atoms with Crippen LogP contribution in [0.15, 0.2) is 24.3 Å². The number of hydrogen-bond acceptors (Lipinski definition) is 3. The number of rotatable bonds is 5. The predicted molar refractivity (Wildman–Crippen MR) is 97.8 cm³/mol. The van der Waals surface area contributed by atoms with Crippen molar-refractivity contribution in [2.24, 2.45) is 5.92 Å². The van der Waals surface area contributed by atoms with Crippen LogP contribution in [0.3, 0.4) is 0 Å². The molecular weight excluding hydrogens is 333 g/mol. The molecule has 26 heavy (non-hydrogen) atoms. The number of halogens is 1. The zero-order valence-corrected chi connectivity index (χ0v) is 15.2. The highest BCUT2D eigenvalue weighted by molar-refractivity contribution is 6.35. The molecule has 2 aliphatic rings. The van der Waals surface area contributed by atoms with Gasteiger partial charge in [0, 0.05) is 19.1 Å². The Hall–Kier alpha value is -1.95. The van der Waals surface area contributed by atoms with Gasteiger partial charge in [-0.3, -0.25) is 9.59 Å². The average Bonchev–Trinajstić information content (AvgIpc) is 3.20. The van der Waals surface area contributed by atoms with Gasteiger partial charge in [-0.05, 0) is 62.4 Å². The number of nitrogens with zero attached hydrogens (tertiary/aromatic N) is 1. The van der Waals surface area contributed by atoms with E-state index in [0.29, 0.717) is 12.5 Å². The standard InChI is InChI=1S/C20H28FN3O2/c21-17-7-5-15(6-8-17)13-22-19(25)20(26)23-14-16-9-11-24(12-10-16)18-3-1-2-4-18/h5-8,16,18H,1-4,9-14H2,(H,22,25)(H,23,26). The molecule has 2 amide bonds. The first-order valence-corrected chi connectivity index (χ1v) is 9.66. The maximum absolute atomic E-state index is 12.8. The molecule has 0 spiro atoms. The number of benzene rings is 1. The van der Waals surface area contributed by atoms with E-state index in [0.717, 1.165) is 37.5 Å². The van der Waals surface area contributed by atoms with E-state index in [-0.39, 0.29) is 12.4 Å². The van der Waals surface area contributed by atoms with Gasteiger partial charge in [0.15, 0.2) is 0 Å². The minimum atomic E-state index is -0.641. The molecule has 6 heteroatoms. The van der Waals surface area contributed by atoms with Crippen molar-refractivity contribution >= 4 is 11.8 Å². The lowest BCUT2D eigenvalue weighted by molar-refractivity contribution is -0.139. The Labute approximate surface area is 154 Å². The van der Waals surface area contributed by atoms with Gasteiger partial charge in [0.2, 0.25) is 0 Å². The summed E-state index contributed by atoms with van der Waals surface area (Å²) in [5, 5.41) is 5.32. The van der Waals surface area contributed by atoms with Crippen LogP contribution in [0.5, 0.6) is 0 Å². The summed E-state index contributed by atoms with van der Waals surface area (Å²) >= 11 is 0. The molecule has 0 unspecified atom stereocenters. The van der Waals surface area contributed by atoms with Crippen LogP contribution >= 0.6 is 0 Å². The van der Waals surface area contributed by atoms with E-state index in [1.807, 2.05) is 0 Å². The minimum absolute atomic E-state index is 0.215. The van der Waals surface area contributed by atoms with Crippen molar-refractivity contribution in [3.63, 3.8) is 0 Å². The monoisotopic (exact) mass is 361 g/mol. The van der Waals surface area contributed by atoms with E-state index >= 15 is 0 Å². The molecule has 1 aliphatic carbocycles. The lowest BCUT2D eigenvalue weighted by atomic mass is 9.95. The molecule has 2 fully saturated rings. The van der Waals surface area contributed by atoms with Crippen molar-refractivity contribution in [1.29, 1.82) is 0 Å². The van der Waals surface area contributed by atoms with Crippen LogP contribution in [-0.2, 0) is 16.1 Å². The van der Waals surface area contributed by atoms with Crippen LogP contribution in [0.1, 0.15) is 44.1 Å². The second-order valence-electron chi connectivity index (χ2n) is 7.44. The fourth-order valence-corrected chi connectivity index (χ4v) is 3.97. The summed E-state index contributed by atoms with van der Waals surface area (Å²) in [6.07, 6.45) is 7.52. The number of piperidine rings is 1. The number of carbonyl (C=O) groups excluding carboxylic acids is 2.